The van der Waals surface area contributed by atoms with E-state index in [0.717, 1.165) is 10.6 Å². The van der Waals surface area contributed by atoms with Crippen molar-refractivity contribution in [3.05, 3.63) is 34.9 Å². The second-order valence-corrected chi connectivity index (χ2v) is 7.43. The topological polar surface area (TPSA) is 109 Å². The lowest BCUT2D eigenvalue weighted by atomic mass is 10.0. The lowest BCUT2D eigenvalue weighted by Crippen LogP contribution is -2.46. The Balaban J connectivity index is 1.89. The number of carbonyl (C=O) groups excluding carboxylic acids is 2. The van der Waals surface area contributed by atoms with Crippen molar-refractivity contribution in [3.8, 4) is 10.6 Å². The average molecular weight is 378 g/mol. The highest BCUT2D eigenvalue weighted by Gasteiger charge is 2.21. The largest absolute Gasteiger partial charge is 0.480 e. The van der Waals surface area contributed by atoms with Gasteiger partial charge in [-0.05, 0) is 43.5 Å². The maximum atomic E-state index is 12.2. The van der Waals surface area contributed by atoms with Crippen molar-refractivity contribution in [1.82, 2.24) is 10.6 Å². The maximum absolute atomic E-state index is 12.2. The number of nitrogens with one attached hydrogen (secondary N) is 2. The van der Waals surface area contributed by atoms with Gasteiger partial charge in [0.1, 0.15) is 17.6 Å². The molecule has 2 amide bonds. The normalized spacial score (nSPS) is 12.0. The number of furan rings is 1. The molecule has 0 aliphatic heterocycles. The van der Waals surface area contributed by atoms with Gasteiger partial charge in [-0.15, -0.1) is 11.3 Å². The fourth-order valence-electron chi connectivity index (χ4n) is 2.35. The van der Waals surface area contributed by atoms with E-state index < -0.39 is 23.8 Å². The average Bonchev–Trinajstić information content (AvgIpc) is 3.20. The van der Waals surface area contributed by atoms with Crippen LogP contribution in [0.15, 0.2) is 28.7 Å². The van der Waals surface area contributed by atoms with Crippen LogP contribution in [0, 0.1) is 12.8 Å². The highest BCUT2D eigenvalue weighted by Crippen LogP contribution is 2.29. The summed E-state index contributed by atoms with van der Waals surface area (Å²) < 4.78 is 5.52. The summed E-state index contributed by atoms with van der Waals surface area (Å²) in [5.74, 6) is -0.427. The van der Waals surface area contributed by atoms with Gasteiger partial charge in [-0.3, -0.25) is 9.59 Å². The number of carboxylic acids is 1. The van der Waals surface area contributed by atoms with Gasteiger partial charge in [0, 0.05) is 0 Å². The minimum Gasteiger partial charge on any atom is -0.480 e. The zero-order chi connectivity index (χ0) is 19.3. The highest BCUT2D eigenvalue weighted by molar-refractivity contribution is 7.17. The van der Waals surface area contributed by atoms with Gasteiger partial charge in [-0.1, -0.05) is 13.8 Å². The molecular formula is C18H22N2O5S. The Morgan fingerprint density at radius 2 is 1.92 bits per heavy atom. The summed E-state index contributed by atoms with van der Waals surface area (Å²) in [5, 5.41) is 14.1. The summed E-state index contributed by atoms with van der Waals surface area (Å²) in [6.07, 6.45) is 0.325. The van der Waals surface area contributed by atoms with Crippen LogP contribution in [0.1, 0.15) is 35.7 Å². The van der Waals surface area contributed by atoms with Gasteiger partial charge in [-0.25, -0.2) is 4.79 Å². The molecule has 2 aromatic rings. The Morgan fingerprint density at radius 3 is 2.50 bits per heavy atom. The predicted molar refractivity (Wildman–Crippen MR) is 98.1 cm³/mol. The number of carbonyl (C=O) groups is 3. The van der Waals surface area contributed by atoms with Crippen LogP contribution >= 0.6 is 11.3 Å². The maximum Gasteiger partial charge on any atom is 0.326 e. The number of hydrogen-bond donors (Lipinski definition) is 3. The Kier molecular flexibility index (Phi) is 6.57. The zero-order valence-corrected chi connectivity index (χ0v) is 15.7. The standard InChI is InChI=1S/C18H22N2O5S/c1-10(2)8-12(18(23)24)20-16(21)9-19-17(22)15-7-6-14(26-15)13-5-4-11(3)25-13/h4-7,10,12H,8-9H2,1-3H3,(H,19,22)(H,20,21)(H,23,24)/t12-/m0/s1. The molecule has 2 rings (SSSR count). The molecule has 0 bridgehead atoms. The third kappa shape index (κ3) is 5.45. The van der Waals surface area contributed by atoms with Crippen molar-refractivity contribution in [2.45, 2.75) is 33.2 Å². The van der Waals surface area contributed by atoms with Crippen molar-refractivity contribution in [2.24, 2.45) is 5.92 Å². The first-order valence-electron chi connectivity index (χ1n) is 8.23. The summed E-state index contributed by atoms with van der Waals surface area (Å²) in [6, 6.07) is 6.15. The highest BCUT2D eigenvalue weighted by atomic mass is 32.1. The second-order valence-electron chi connectivity index (χ2n) is 6.34. The van der Waals surface area contributed by atoms with Crippen molar-refractivity contribution in [3.63, 3.8) is 0 Å². The molecule has 7 nitrogen and oxygen atoms in total. The van der Waals surface area contributed by atoms with Crippen LogP contribution in [0.2, 0.25) is 0 Å². The van der Waals surface area contributed by atoms with Crippen LogP contribution in [0.5, 0.6) is 0 Å². The summed E-state index contributed by atoms with van der Waals surface area (Å²) in [5.41, 5.74) is 0. The monoisotopic (exact) mass is 378 g/mol. The van der Waals surface area contributed by atoms with E-state index in [0.29, 0.717) is 17.1 Å². The van der Waals surface area contributed by atoms with Crippen molar-refractivity contribution >= 4 is 29.1 Å². The molecule has 0 unspecified atom stereocenters. The molecule has 3 N–H and O–H groups in total. The van der Waals surface area contributed by atoms with Gasteiger partial charge in [0.2, 0.25) is 5.91 Å². The molecule has 0 aliphatic carbocycles. The number of rotatable bonds is 8. The van der Waals surface area contributed by atoms with E-state index in [4.69, 9.17) is 9.52 Å². The summed E-state index contributed by atoms with van der Waals surface area (Å²) in [7, 11) is 0. The van der Waals surface area contributed by atoms with Gasteiger partial charge in [0.15, 0.2) is 0 Å². The minimum atomic E-state index is -1.09. The van der Waals surface area contributed by atoms with Gasteiger partial charge < -0.3 is 20.2 Å². The van der Waals surface area contributed by atoms with Crippen LogP contribution in [0.4, 0.5) is 0 Å². The number of hydrogen-bond acceptors (Lipinski definition) is 5. The van der Waals surface area contributed by atoms with E-state index in [2.05, 4.69) is 10.6 Å². The third-order valence-corrected chi connectivity index (χ3v) is 4.66. The SMILES string of the molecule is Cc1ccc(-c2ccc(C(=O)NCC(=O)N[C@@H](CC(C)C)C(=O)O)s2)o1. The molecule has 2 aromatic heterocycles. The van der Waals surface area contributed by atoms with E-state index in [1.807, 2.05) is 32.9 Å². The molecule has 140 valence electrons. The number of amides is 2. The molecule has 0 saturated heterocycles. The Morgan fingerprint density at radius 1 is 1.19 bits per heavy atom. The van der Waals surface area contributed by atoms with Crippen LogP contribution in [0.25, 0.3) is 10.6 Å². The van der Waals surface area contributed by atoms with Crippen LogP contribution in [-0.4, -0.2) is 35.5 Å². The fourth-order valence-corrected chi connectivity index (χ4v) is 3.23. The summed E-state index contributed by atoms with van der Waals surface area (Å²) in [4.78, 5) is 36.5. The first-order chi connectivity index (χ1) is 12.3. The molecule has 8 heteroatoms. The summed E-state index contributed by atoms with van der Waals surface area (Å²) in [6.45, 7) is 5.30. The van der Waals surface area contributed by atoms with Gasteiger partial charge >= 0.3 is 5.97 Å². The fraction of sp³-hybridized carbons (Fsp3) is 0.389. The second kappa shape index (κ2) is 8.66. The Bertz CT molecular complexity index is 793. The van der Waals surface area contributed by atoms with Gasteiger partial charge in [0.05, 0.1) is 16.3 Å². The smallest absolute Gasteiger partial charge is 0.326 e. The van der Waals surface area contributed by atoms with E-state index in [1.165, 1.54) is 11.3 Å². The first-order valence-corrected chi connectivity index (χ1v) is 9.05. The van der Waals surface area contributed by atoms with E-state index in [9.17, 15) is 14.4 Å². The van der Waals surface area contributed by atoms with Crippen molar-refractivity contribution < 1.29 is 23.9 Å². The molecule has 0 saturated carbocycles. The number of carboxylic acid groups (broad SMARTS) is 1. The molecule has 0 fully saturated rings. The quantitative estimate of drug-likeness (QED) is 0.654. The number of aliphatic carboxylic acids is 1. The Hall–Kier alpha value is -2.61. The molecular weight excluding hydrogens is 356 g/mol. The van der Waals surface area contributed by atoms with E-state index >= 15 is 0 Å². The van der Waals surface area contributed by atoms with E-state index in [1.54, 1.807) is 12.1 Å². The molecule has 0 spiro atoms. The Labute approximate surface area is 155 Å². The van der Waals surface area contributed by atoms with Crippen LogP contribution in [0.3, 0.4) is 0 Å². The zero-order valence-electron chi connectivity index (χ0n) is 14.9. The first kappa shape index (κ1) is 19.7. The predicted octanol–water partition coefficient (Wildman–Crippen LogP) is 2.66. The van der Waals surface area contributed by atoms with Crippen LogP contribution < -0.4 is 10.6 Å². The van der Waals surface area contributed by atoms with Crippen molar-refractivity contribution in [1.29, 1.82) is 0 Å². The minimum absolute atomic E-state index is 0.126. The van der Waals surface area contributed by atoms with Crippen LogP contribution in [-0.2, 0) is 9.59 Å². The molecule has 2 heterocycles. The molecule has 0 aliphatic rings. The van der Waals surface area contributed by atoms with Crippen molar-refractivity contribution in [2.75, 3.05) is 6.54 Å². The molecule has 26 heavy (non-hydrogen) atoms. The number of aryl methyl sites for hydroxylation is 1. The van der Waals surface area contributed by atoms with Gasteiger partial charge in [0.25, 0.3) is 5.91 Å². The third-order valence-electron chi connectivity index (χ3n) is 3.56. The van der Waals surface area contributed by atoms with E-state index in [-0.39, 0.29) is 12.5 Å². The summed E-state index contributed by atoms with van der Waals surface area (Å²) >= 11 is 1.25. The lowest BCUT2D eigenvalue weighted by molar-refractivity contribution is -0.142. The number of thiophene rings is 1. The van der Waals surface area contributed by atoms with Gasteiger partial charge in [-0.2, -0.15) is 0 Å². The molecule has 0 aromatic carbocycles. The molecule has 0 radical (unpaired) electrons. The lowest BCUT2D eigenvalue weighted by Gasteiger charge is -2.16. The molecule has 1 atom stereocenters.